The summed E-state index contributed by atoms with van der Waals surface area (Å²) in [5.74, 6) is -0.293. The van der Waals surface area contributed by atoms with Crippen molar-refractivity contribution in [1.82, 2.24) is 14.9 Å². The molecule has 1 aromatic heterocycles. The van der Waals surface area contributed by atoms with Crippen molar-refractivity contribution in [2.75, 3.05) is 56.2 Å². The standard InChI is InChI=1S/C24H25ClF3N5O4/c1-15-18-12-16(2-4-20(18)31-23(29-15)33-8-6-32(7-9-33)10-11-34)30-22(35)14-36-21-5-3-17(13-19(21)25)37-24(26,27)28/h2-5,12-13,34H,6-11,14H2,1H3,(H,30,35). The molecule has 0 aliphatic carbocycles. The number of piperazine rings is 1. The number of aromatic nitrogens is 2. The molecule has 2 N–H and O–H groups in total. The molecular formula is C24H25ClF3N5O4. The molecule has 4 rings (SSSR count). The molecule has 1 aliphatic heterocycles. The Morgan fingerprint density at radius 2 is 1.89 bits per heavy atom. The lowest BCUT2D eigenvalue weighted by Gasteiger charge is -2.34. The highest BCUT2D eigenvalue weighted by Gasteiger charge is 2.31. The van der Waals surface area contributed by atoms with E-state index in [0.29, 0.717) is 18.2 Å². The van der Waals surface area contributed by atoms with E-state index in [1.54, 1.807) is 18.2 Å². The summed E-state index contributed by atoms with van der Waals surface area (Å²) in [5.41, 5.74) is 2.01. The van der Waals surface area contributed by atoms with E-state index >= 15 is 0 Å². The zero-order valence-electron chi connectivity index (χ0n) is 19.9. The quantitative estimate of drug-likeness (QED) is 0.448. The number of rotatable bonds is 8. The average molecular weight is 540 g/mol. The lowest BCUT2D eigenvalue weighted by Crippen LogP contribution is -2.47. The first-order valence-electron chi connectivity index (χ1n) is 11.5. The number of aliphatic hydroxyl groups is 1. The first-order valence-corrected chi connectivity index (χ1v) is 11.8. The Bertz CT molecular complexity index is 1270. The van der Waals surface area contributed by atoms with Crippen LogP contribution in [-0.2, 0) is 4.79 Å². The average Bonchev–Trinajstić information content (AvgIpc) is 2.83. The lowest BCUT2D eigenvalue weighted by molar-refractivity contribution is -0.274. The van der Waals surface area contributed by atoms with Crippen molar-refractivity contribution in [3.63, 3.8) is 0 Å². The lowest BCUT2D eigenvalue weighted by atomic mass is 10.1. The first kappa shape index (κ1) is 26.7. The van der Waals surface area contributed by atoms with Crippen LogP contribution in [0.5, 0.6) is 11.5 Å². The van der Waals surface area contributed by atoms with Crippen LogP contribution in [0.25, 0.3) is 10.9 Å². The van der Waals surface area contributed by atoms with Crippen LogP contribution in [0.1, 0.15) is 5.69 Å². The number of amides is 1. The van der Waals surface area contributed by atoms with Gasteiger partial charge in [-0.2, -0.15) is 0 Å². The molecule has 1 aliphatic rings. The fraction of sp³-hybridized carbons (Fsp3) is 0.375. The largest absolute Gasteiger partial charge is 0.573 e. The number of nitrogens with one attached hydrogen (secondary N) is 1. The van der Waals surface area contributed by atoms with Crippen molar-refractivity contribution in [2.24, 2.45) is 0 Å². The molecule has 1 amide bonds. The van der Waals surface area contributed by atoms with E-state index in [2.05, 4.69) is 29.8 Å². The molecule has 2 heterocycles. The Morgan fingerprint density at radius 1 is 1.14 bits per heavy atom. The second-order valence-electron chi connectivity index (χ2n) is 8.37. The molecule has 9 nitrogen and oxygen atoms in total. The summed E-state index contributed by atoms with van der Waals surface area (Å²) in [4.78, 5) is 26.0. The van der Waals surface area contributed by atoms with Crippen molar-refractivity contribution in [3.8, 4) is 11.5 Å². The zero-order chi connectivity index (χ0) is 26.6. The van der Waals surface area contributed by atoms with E-state index in [0.717, 1.165) is 54.9 Å². The van der Waals surface area contributed by atoms with Gasteiger partial charge in [-0.1, -0.05) is 11.6 Å². The van der Waals surface area contributed by atoms with Gasteiger partial charge in [0.25, 0.3) is 5.91 Å². The van der Waals surface area contributed by atoms with Crippen LogP contribution in [0.4, 0.5) is 24.8 Å². The molecule has 2 aromatic carbocycles. The minimum absolute atomic E-state index is 0.0406. The maximum absolute atomic E-state index is 12.4. The van der Waals surface area contributed by atoms with E-state index in [1.807, 2.05) is 6.92 Å². The van der Waals surface area contributed by atoms with Gasteiger partial charge in [0.05, 0.1) is 22.8 Å². The van der Waals surface area contributed by atoms with Gasteiger partial charge < -0.3 is 24.8 Å². The number of aryl methyl sites for hydroxylation is 1. The molecule has 13 heteroatoms. The van der Waals surface area contributed by atoms with E-state index in [4.69, 9.17) is 21.4 Å². The third-order valence-electron chi connectivity index (χ3n) is 5.73. The van der Waals surface area contributed by atoms with E-state index < -0.39 is 24.6 Å². The maximum atomic E-state index is 12.4. The summed E-state index contributed by atoms with van der Waals surface area (Å²) in [6, 6.07) is 8.47. The van der Waals surface area contributed by atoms with E-state index in [9.17, 15) is 18.0 Å². The van der Waals surface area contributed by atoms with Gasteiger partial charge in [-0.15, -0.1) is 13.2 Å². The van der Waals surface area contributed by atoms with Gasteiger partial charge in [-0.3, -0.25) is 9.69 Å². The molecule has 0 radical (unpaired) electrons. The van der Waals surface area contributed by atoms with Crippen LogP contribution in [0.15, 0.2) is 36.4 Å². The van der Waals surface area contributed by atoms with Crippen molar-refractivity contribution < 1.29 is 32.5 Å². The van der Waals surface area contributed by atoms with Gasteiger partial charge >= 0.3 is 6.36 Å². The summed E-state index contributed by atoms with van der Waals surface area (Å²) < 4.78 is 46.1. The van der Waals surface area contributed by atoms with Crippen LogP contribution in [0.3, 0.4) is 0 Å². The van der Waals surface area contributed by atoms with Crippen molar-refractivity contribution in [1.29, 1.82) is 0 Å². The molecule has 0 spiro atoms. The fourth-order valence-electron chi connectivity index (χ4n) is 3.93. The Balaban J connectivity index is 1.37. The number of hydrogen-bond acceptors (Lipinski definition) is 8. The van der Waals surface area contributed by atoms with Gasteiger partial charge in [0.1, 0.15) is 11.5 Å². The number of alkyl halides is 3. The number of hydrogen-bond donors (Lipinski definition) is 2. The van der Waals surface area contributed by atoms with Crippen LogP contribution >= 0.6 is 11.6 Å². The fourth-order valence-corrected chi connectivity index (χ4v) is 4.16. The maximum Gasteiger partial charge on any atom is 0.573 e. The number of ether oxygens (including phenoxy) is 2. The summed E-state index contributed by atoms with van der Waals surface area (Å²) >= 11 is 5.94. The van der Waals surface area contributed by atoms with Gasteiger partial charge in [0.15, 0.2) is 6.61 Å². The topological polar surface area (TPSA) is 100 Å². The molecule has 0 bridgehead atoms. The number of β-amino-alcohol motifs (C(OH)–C–C–N with tert-alkyl or cyclic N) is 1. The van der Waals surface area contributed by atoms with Crippen LogP contribution in [0.2, 0.25) is 5.02 Å². The van der Waals surface area contributed by atoms with Gasteiger partial charge in [-0.05, 0) is 37.3 Å². The van der Waals surface area contributed by atoms with E-state index in [-0.39, 0.29) is 17.4 Å². The number of nitrogens with zero attached hydrogens (tertiary/aromatic N) is 4. The van der Waals surface area contributed by atoms with Gasteiger partial charge in [0, 0.05) is 49.9 Å². The minimum Gasteiger partial charge on any atom is -0.482 e. The second kappa shape index (κ2) is 11.4. The first-order chi connectivity index (χ1) is 17.6. The predicted molar refractivity (Wildman–Crippen MR) is 132 cm³/mol. The highest BCUT2D eigenvalue weighted by atomic mass is 35.5. The molecule has 0 saturated carbocycles. The Labute approximate surface area is 215 Å². The van der Waals surface area contributed by atoms with Crippen molar-refractivity contribution in [3.05, 3.63) is 47.1 Å². The minimum atomic E-state index is -4.84. The van der Waals surface area contributed by atoms with Crippen LogP contribution in [0, 0.1) is 6.92 Å². The molecule has 0 atom stereocenters. The zero-order valence-corrected chi connectivity index (χ0v) is 20.6. The number of fused-ring (bicyclic) bond motifs is 1. The predicted octanol–water partition coefficient (Wildman–Crippen LogP) is 3.62. The smallest absolute Gasteiger partial charge is 0.482 e. The SMILES string of the molecule is Cc1nc(N2CCN(CCO)CC2)nc2ccc(NC(=O)COc3ccc(OC(F)(F)F)cc3Cl)cc12. The Kier molecular flexibility index (Phi) is 8.20. The Hall–Kier alpha value is -3.35. The van der Waals surface area contributed by atoms with Crippen molar-refractivity contribution in [2.45, 2.75) is 13.3 Å². The molecule has 1 fully saturated rings. The molecule has 37 heavy (non-hydrogen) atoms. The van der Waals surface area contributed by atoms with Crippen LogP contribution < -0.4 is 19.7 Å². The summed E-state index contributed by atoms with van der Waals surface area (Å²) in [7, 11) is 0. The molecule has 3 aromatic rings. The molecular weight excluding hydrogens is 515 g/mol. The highest BCUT2D eigenvalue weighted by molar-refractivity contribution is 6.32. The van der Waals surface area contributed by atoms with Gasteiger partial charge in [0.2, 0.25) is 5.95 Å². The normalized spacial score (nSPS) is 14.6. The summed E-state index contributed by atoms with van der Waals surface area (Å²) in [5, 5.41) is 12.5. The second-order valence-corrected chi connectivity index (χ2v) is 8.78. The number of carbonyl (C=O) groups excluding carboxylic acids is 1. The monoisotopic (exact) mass is 539 g/mol. The molecule has 198 valence electrons. The Morgan fingerprint density at radius 3 is 2.57 bits per heavy atom. The van der Waals surface area contributed by atoms with Crippen molar-refractivity contribution >= 4 is 40.0 Å². The van der Waals surface area contributed by atoms with Gasteiger partial charge in [-0.25, -0.2) is 9.97 Å². The number of benzene rings is 2. The molecule has 0 unspecified atom stereocenters. The third-order valence-corrected chi connectivity index (χ3v) is 6.02. The van der Waals surface area contributed by atoms with Crippen LogP contribution in [-0.4, -0.2) is 78.2 Å². The van der Waals surface area contributed by atoms with E-state index in [1.165, 1.54) is 6.07 Å². The number of carbonyl (C=O) groups is 1. The number of anilines is 2. The summed E-state index contributed by atoms with van der Waals surface area (Å²) in [6.07, 6.45) is -4.84. The number of aliphatic hydroxyl groups excluding tert-OH is 1. The highest BCUT2D eigenvalue weighted by Crippen LogP contribution is 2.31. The third kappa shape index (κ3) is 7.12. The molecule has 1 saturated heterocycles. The summed E-state index contributed by atoms with van der Waals surface area (Å²) in [6.45, 7) is 5.43. The number of halogens is 4.